The maximum Gasteiger partial charge on any atom is 0.224 e. The van der Waals surface area contributed by atoms with Crippen molar-refractivity contribution in [2.24, 2.45) is 5.92 Å². The van der Waals surface area contributed by atoms with Crippen molar-refractivity contribution in [3.63, 3.8) is 0 Å². The molecule has 108 valence electrons. The minimum atomic E-state index is 0.177. The Labute approximate surface area is 119 Å². The molecular weight excluding hydrogens is 254 g/mol. The highest BCUT2D eigenvalue weighted by atomic mass is 16.5. The lowest BCUT2D eigenvalue weighted by Crippen LogP contribution is -2.47. The van der Waals surface area contributed by atoms with E-state index >= 15 is 0 Å². The molecule has 1 amide bonds. The highest BCUT2D eigenvalue weighted by Gasteiger charge is 2.40. The Hall–Kier alpha value is -1.75. The molecular formula is C15H21N3O2. The first-order chi connectivity index (χ1) is 9.74. The molecule has 2 atom stereocenters. The number of piperidine rings is 1. The smallest absolute Gasteiger partial charge is 0.224 e. The highest BCUT2D eigenvalue weighted by molar-refractivity contribution is 5.82. The number of nitrogens with zero attached hydrogens (tertiary/aromatic N) is 1. The van der Waals surface area contributed by atoms with E-state index in [1.807, 2.05) is 24.3 Å². The molecule has 0 spiro atoms. The minimum absolute atomic E-state index is 0.177. The van der Waals surface area contributed by atoms with Crippen molar-refractivity contribution in [1.29, 1.82) is 0 Å². The molecule has 2 aliphatic rings. The number of rotatable bonds is 4. The van der Waals surface area contributed by atoms with Gasteiger partial charge in [-0.2, -0.15) is 0 Å². The van der Waals surface area contributed by atoms with Gasteiger partial charge < -0.3 is 15.8 Å². The van der Waals surface area contributed by atoms with Gasteiger partial charge in [0.25, 0.3) is 0 Å². The van der Waals surface area contributed by atoms with Gasteiger partial charge in [-0.15, -0.1) is 0 Å². The van der Waals surface area contributed by atoms with Crippen LogP contribution in [0.5, 0.6) is 5.75 Å². The molecule has 0 aromatic heterocycles. The summed E-state index contributed by atoms with van der Waals surface area (Å²) in [4.78, 5) is 14.1. The van der Waals surface area contributed by atoms with Crippen molar-refractivity contribution in [3.05, 3.63) is 24.3 Å². The summed E-state index contributed by atoms with van der Waals surface area (Å²) in [5.74, 6) is 1.20. The second-order valence-corrected chi connectivity index (χ2v) is 5.52. The maximum atomic E-state index is 11.7. The number of carbonyl (C=O) groups is 1. The van der Waals surface area contributed by atoms with Gasteiger partial charge >= 0.3 is 0 Å². The minimum Gasteiger partial charge on any atom is -0.492 e. The molecule has 0 radical (unpaired) electrons. The quantitative estimate of drug-likeness (QED) is 0.800. The van der Waals surface area contributed by atoms with Crippen LogP contribution in [-0.2, 0) is 4.79 Å². The van der Waals surface area contributed by atoms with Crippen LogP contribution >= 0.6 is 0 Å². The van der Waals surface area contributed by atoms with Gasteiger partial charge in [-0.25, -0.2) is 0 Å². The zero-order valence-electron chi connectivity index (χ0n) is 11.5. The van der Waals surface area contributed by atoms with Crippen molar-refractivity contribution in [1.82, 2.24) is 10.2 Å². The molecule has 1 aromatic carbocycles. The second-order valence-electron chi connectivity index (χ2n) is 5.52. The van der Waals surface area contributed by atoms with Gasteiger partial charge in [0, 0.05) is 30.9 Å². The van der Waals surface area contributed by atoms with Crippen molar-refractivity contribution >= 4 is 11.6 Å². The summed E-state index contributed by atoms with van der Waals surface area (Å²) in [6.45, 7) is 3.31. The van der Waals surface area contributed by atoms with Crippen molar-refractivity contribution in [2.45, 2.75) is 18.9 Å². The summed E-state index contributed by atoms with van der Waals surface area (Å²) in [5, 5.41) is 2.97. The number of nitrogens with one attached hydrogen (secondary N) is 1. The first kappa shape index (κ1) is 13.2. The van der Waals surface area contributed by atoms with Gasteiger partial charge in [0.1, 0.15) is 12.4 Å². The average molecular weight is 275 g/mol. The average Bonchev–Trinajstić information content (AvgIpc) is 2.82. The fourth-order valence-corrected chi connectivity index (χ4v) is 3.20. The van der Waals surface area contributed by atoms with Crippen molar-refractivity contribution in [3.8, 4) is 5.75 Å². The van der Waals surface area contributed by atoms with Gasteiger partial charge in [0.2, 0.25) is 5.91 Å². The zero-order valence-corrected chi connectivity index (χ0v) is 11.5. The molecule has 1 aromatic rings. The predicted octanol–water partition coefficient (Wildman–Crippen LogP) is 0.858. The van der Waals surface area contributed by atoms with E-state index in [1.165, 1.54) is 0 Å². The number of likely N-dealkylation sites (tertiary alicyclic amines) is 1. The van der Waals surface area contributed by atoms with Crippen LogP contribution in [0, 0.1) is 5.92 Å². The normalized spacial score (nSPS) is 26.1. The Morgan fingerprint density at radius 2 is 2.35 bits per heavy atom. The van der Waals surface area contributed by atoms with Crippen LogP contribution in [0.3, 0.4) is 0 Å². The third-order valence-electron chi connectivity index (χ3n) is 4.22. The number of benzene rings is 1. The molecule has 20 heavy (non-hydrogen) atoms. The molecule has 0 saturated carbocycles. The highest BCUT2D eigenvalue weighted by Crippen LogP contribution is 2.27. The van der Waals surface area contributed by atoms with E-state index in [2.05, 4.69) is 10.2 Å². The molecule has 2 heterocycles. The number of hydrogen-bond acceptors (Lipinski definition) is 4. The monoisotopic (exact) mass is 275 g/mol. The number of carbonyl (C=O) groups excluding carboxylic acids is 1. The summed E-state index contributed by atoms with van der Waals surface area (Å²) in [6, 6.07) is 7.83. The van der Waals surface area contributed by atoms with Crippen molar-refractivity contribution < 1.29 is 9.53 Å². The summed E-state index contributed by atoms with van der Waals surface area (Å²) in [5.41, 5.74) is 6.44. The Kier molecular flexibility index (Phi) is 3.78. The van der Waals surface area contributed by atoms with Crippen LogP contribution in [0.4, 0.5) is 5.69 Å². The topological polar surface area (TPSA) is 67.6 Å². The Morgan fingerprint density at radius 1 is 1.45 bits per heavy atom. The van der Waals surface area contributed by atoms with Crippen molar-refractivity contribution in [2.75, 3.05) is 32.0 Å². The van der Waals surface area contributed by atoms with Gasteiger partial charge in [-0.3, -0.25) is 9.69 Å². The molecule has 5 nitrogen and oxygen atoms in total. The number of anilines is 1. The molecule has 3 N–H and O–H groups in total. The lowest BCUT2D eigenvalue weighted by Gasteiger charge is -2.35. The molecule has 0 aliphatic carbocycles. The van der Waals surface area contributed by atoms with E-state index < -0.39 is 0 Å². The van der Waals surface area contributed by atoms with Gasteiger partial charge in [-0.1, -0.05) is 6.07 Å². The van der Waals surface area contributed by atoms with E-state index in [0.717, 1.165) is 38.2 Å². The van der Waals surface area contributed by atoms with E-state index in [0.29, 0.717) is 18.3 Å². The summed E-state index contributed by atoms with van der Waals surface area (Å²) >= 11 is 0. The van der Waals surface area contributed by atoms with E-state index in [9.17, 15) is 4.79 Å². The second kappa shape index (κ2) is 5.71. The van der Waals surface area contributed by atoms with E-state index in [4.69, 9.17) is 10.5 Å². The van der Waals surface area contributed by atoms with Crippen LogP contribution in [0.15, 0.2) is 24.3 Å². The molecule has 5 heteroatoms. The third kappa shape index (κ3) is 2.72. The molecule has 2 aliphatic heterocycles. The molecule has 0 bridgehead atoms. The van der Waals surface area contributed by atoms with Crippen LogP contribution in [-0.4, -0.2) is 43.1 Å². The van der Waals surface area contributed by atoms with Gasteiger partial charge in [0.05, 0.1) is 5.92 Å². The molecule has 3 rings (SSSR count). The SMILES string of the molecule is Nc1cccc(OCCN2CCCC3C(=O)NCC32)c1. The van der Waals surface area contributed by atoms with Crippen LogP contribution < -0.4 is 15.8 Å². The summed E-state index contributed by atoms with van der Waals surface area (Å²) < 4.78 is 5.74. The third-order valence-corrected chi connectivity index (χ3v) is 4.22. The summed E-state index contributed by atoms with van der Waals surface area (Å²) in [7, 11) is 0. The zero-order chi connectivity index (χ0) is 13.9. The van der Waals surface area contributed by atoms with E-state index in [-0.39, 0.29) is 11.8 Å². The Bertz CT molecular complexity index is 492. The maximum absolute atomic E-state index is 11.7. The van der Waals surface area contributed by atoms with Crippen LogP contribution in [0.1, 0.15) is 12.8 Å². The fourth-order valence-electron chi connectivity index (χ4n) is 3.20. The first-order valence-corrected chi connectivity index (χ1v) is 7.24. The van der Waals surface area contributed by atoms with Crippen LogP contribution in [0.25, 0.3) is 0 Å². The van der Waals surface area contributed by atoms with Gasteiger partial charge in [0.15, 0.2) is 0 Å². The largest absolute Gasteiger partial charge is 0.492 e. The first-order valence-electron chi connectivity index (χ1n) is 7.24. The fraction of sp³-hybridized carbons (Fsp3) is 0.533. The number of nitrogens with two attached hydrogens (primary N) is 1. The number of hydrogen-bond donors (Lipinski definition) is 2. The lowest BCUT2D eigenvalue weighted by molar-refractivity contribution is -0.124. The van der Waals surface area contributed by atoms with Gasteiger partial charge in [-0.05, 0) is 31.5 Å². The number of amides is 1. The molecule has 2 saturated heterocycles. The number of fused-ring (bicyclic) bond motifs is 1. The Morgan fingerprint density at radius 3 is 3.20 bits per heavy atom. The predicted molar refractivity (Wildman–Crippen MR) is 77.4 cm³/mol. The lowest BCUT2D eigenvalue weighted by atomic mass is 9.91. The summed E-state index contributed by atoms with van der Waals surface area (Å²) in [6.07, 6.45) is 2.11. The number of ether oxygens (including phenoxy) is 1. The molecule has 2 unspecified atom stereocenters. The Balaban J connectivity index is 1.52. The van der Waals surface area contributed by atoms with Crippen LogP contribution in [0.2, 0.25) is 0 Å². The molecule has 2 fully saturated rings. The van der Waals surface area contributed by atoms with E-state index in [1.54, 1.807) is 0 Å². The standard InChI is InChI=1S/C15H21N3O2/c16-11-3-1-4-12(9-11)20-8-7-18-6-2-5-13-14(18)10-17-15(13)19/h1,3-4,9,13-14H,2,5-8,10,16H2,(H,17,19). The number of nitrogen functional groups attached to an aromatic ring is 1.